The molecule has 1 amide bonds. The minimum atomic E-state index is -3.54. The summed E-state index contributed by atoms with van der Waals surface area (Å²) in [5, 5.41) is 2.97. The van der Waals surface area contributed by atoms with Gasteiger partial charge in [-0.05, 0) is 56.9 Å². The molecular formula is C21H26N2O3S. The van der Waals surface area contributed by atoms with Crippen molar-refractivity contribution in [1.29, 1.82) is 0 Å². The van der Waals surface area contributed by atoms with Crippen LogP contribution in [0.3, 0.4) is 0 Å². The Kier molecular flexibility index (Phi) is 5.67. The van der Waals surface area contributed by atoms with Crippen LogP contribution in [0.25, 0.3) is 0 Å². The Balaban J connectivity index is 1.83. The summed E-state index contributed by atoms with van der Waals surface area (Å²) in [5.74, 6) is -0.265. The molecule has 1 fully saturated rings. The maximum Gasteiger partial charge on any atom is 0.252 e. The minimum absolute atomic E-state index is 0.170. The summed E-state index contributed by atoms with van der Waals surface area (Å²) in [6, 6.07) is 12.6. The zero-order chi connectivity index (χ0) is 19.6. The Morgan fingerprint density at radius 3 is 2.30 bits per heavy atom. The number of hydrogen-bond donors (Lipinski definition) is 1. The van der Waals surface area contributed by atoms with Crippen molar-refractivity contribution in [3.8, 4) is 0 Å². The SMILES string of the molecule is Cc1ccc([C@H](C)NC(=O)c2cc(S(=O)(=O)N3CCCC3)ccc2C)cc1. The predicted molar refractivity (Wildman–Crippen MR) is 106 cm³/mol. The largest absolute Gasteiger partial charge is 0.346 e. The molecule has 0 spiro atoms. The Hall–Kier alpha value is -2.18. The van der Waals surface area contributed by atoms with E-state index < -0.39 is 10.0 Å². The van der Waals surface area contributed by atoms with E-state index in [0.717, 1.165) is 29.5 Å². The lowest BCUT2D eigenvalue weighted by Gasteiger charge is -2.18. The molecule has 1 atom stereocenters. The molecule has 0 aliphatic carbocycles. The number of benzene rings is 2. The smallest absolute Gasteiger partial charge is 0.252 e. The van der Waals surface area contributed by atoms with Gasteiger partial charge in [-0.3, -0.25) is 4.79 Å². The van der Waals surface area contributed by atoms with E-state index in [0.29, 0.717) is 18.7 Å². The molecule has 0 radical (unpaired) electrons. The van der Waals surface area contributed by atoms with Gasteiger partial charge in [0, 0.05) is 18.7 Å². The quantitative estimate of drug-likeness (QED) is 0.854. The fraction of sp³-hybridized carbons (Fsp3) is 0.381. The second kappa shape index (κ2) is 7.82. The highest BCUT2D eigenvalue weighted by Crippen LogP contribution is 2.23. The second-order valence-electron chi connectivity index (χ2n) is 7.19. The number of nitrogens with zero attached hydrogens (tertiary/aromatic N) is 1. The van der Waals surface area contributed by atoms with E-state index in [1.165, 1.54) is 10.4 Å². The summed E-state index contributed by atoms with van der Waals surface area (Å²) in [5.41, 5.74) is 3.32. The maximum absolute atomic E-state index is 12.8. The summed E-state index contributed by atoms with van der Waals surface area (Å²) >= 11 is 0. The number of rotatable bonds is 5. The molecule has 1 N–H and O–H groups in total. The molecule has 144 valence electrons. The van der Waals surface area contributed by atoms with E-state index in [9.17, 15) is 13.2 Å². The van der Waals surface area contributed by atoms with Gasteiger partial charge in [0.1, 0.15) is 0 Å². The van der Waals surface area contributed by atoms with Gasteiger partial charge in [0.2, 0.25) is 10.0 Å². The summed E-state index contributed by atoms with van der Waals surface area (Å²) in [6.45, 7) is 6.84. The fourth-order valence-electron chi connectivity index (χ4n) is 3.30. The van der Waals surface area contributed by atoms with Crippen LogP contribution in [0, 0.1) is 13.8 Å². The highest BCUT2D eigenvalue weighted by Gasteiger charge is 2.28. The van der Waals surface area contributed by atoms with Gasteiger partial charge in [-0.25, -0.2) is 8.42 Å². The van der Waals surface area contributed by atoms with Crippen LogP contribution in [0.2, 0.25) is 0 Å². The topological polar surface area (TPSA) is 66.5 Å². The van der Waals surface area contributed by atoms with Crippen LogP contribution in [-0.4, -0.2) is 31.7 Å². The van der Waals surface area contributed by atoms with Crippen molar-refractivity contribution in [3.63, 3.8) is 0 Å². The summed E-state index contributed by atoms with van der Waals surface area (Å²) < 4.78 is 27.1. The third kappa shape index (κ3) is 4.22. The van der Waals surface area contributed by atoms with Crippen LogP contribution in [-0.2, 0) is 10.0 Å². The molecule has 1 saturated heterocycles. The molecule has 0 unspecified atom stereocenters. The third-order valence-corrected chi connectivity index (χ3v) is 6.98. The van der Waals surface area contributed by atoms with Crippen molar-refractivity contribution >= 4 is 15.9 Å². The molecule has 0 saturated carbocycles. The Labute approximate surface area is 161 Å². The van der Waals surface area contributed by atoms with Gasteiger partial charge in [-0.2, -0.15) is 4.31 Å². The molecule has 1 heterocycles. The molecule has 0 aromatic heterocycles. The van der Waals surface area contributed by atoms with Crippen LogP contribution < -0.4 is 5.32 Å². The number of carbonyl (C=O) groups excluding carboxylic acids is 1. The number of sulfonamides is 1. The minimum Gasteiger partial charge on any atom is -0.346 e. The molecule has 0 bridgehead atoms. The van der Waals surface area contributed by atoms with Crippen molar-refractivity contribution in [2.75, 3.05) is 13.1 Å². The van der Waals surface area contributed by atoms with Gasteiger partial charge in [0.05, 0.1) is 10.9 Å². The maximum atomic E-state index is 12.8. The fourth-order valence-corrected chi connectivity index (χ4v) is 4.84. The summed E-state index contributed by atoms with van der Waals surface area (Å²) in [7, 11) is -3.54. The molecule has 2 aromatic carbocycles. The van der Waals surface area contributed by atoms with E-state index in [1.54, 1.807) is 12.1 Å². The first-order valence-electron chi connectivity index (χ1n) is 9.27. The number of aryl methyl sites for hydroxylation is 2. The molecular weight excluding hydrogens is 360 g/mol. The van der Waals surface area contributed by atoms with Crippen molar-refractivity contribution in [1.82, 2.24) is 9.62 Å². The van der Waals surface area contributed by atoms with Crippen LogP contribution in [0.5, 0.6) is 0 Å². The Morgan fingerprint density at radius 1 is 1.04 bits per heavy atom. The Bertz CT molecular complexity index is 930. The van der Waals surface area contributed by atoms with Gasteiger partial charge in [-0.15, -0.1) is 0 Å². The standard InChI is InChI=1S/C21H26N2O3S/c1-15-6-9-18(10-7-15)17(3)22-21(24)20-14-19(11-8-16(20)2)27(25,26)23-12-4-5-13-23/h6-11,14,17H,4-5,12-13H2,1-3H3,(H,22,24)/t17-/m0/s1. The number of nitrogens with one attached hydrogen (secondary N) is 1. The predicted octanol–water partition coefficient (Wildman–Crippen LogP) is 3.58. The average molecular weight is 387 g/mol. The van der Waals surface area contributed by atoms with Crippen molar-refractivity contribution in [2.45, 2.75) is 44.6 Å². The lowest BCUT2D eigenvalue weighted by atomic mass is 10.0. The molecule has 3 rings (SSSR count). The highest BCUT2D eigenvalue weighted by atomic mass is 32.2. The zero-order valence-corrected chi connectivity index (χ0v) is 16.8. The lowest BCUT2D eigenvalue weighted by Crippen LogP contribution is -2.29. The number of carbonyl (C=O) groups is 1. The van der Waals surface area contributed by atoms with Gasteiger partial charge in [0.25, 0.3) is 5.91 Å². The van der Waals surface area contributed by atoms with E-state index in [4.69, 9.17) is 0 Å². The van der Waals surface area contributed by atoms with Crippen LogP contribution in [0.15, 0.2) is 47.4 Å². The number of hydrogen-bond acceptors (Lipinski definition) is 3. The Morgan fingerprint density at radius 2 is 1.67 bits per heavy atom. The van der Waals surface area contributed by atoms with Crippen LogP contribution in [0.1, 0.15) is 52.9 Å². The van der Waals surface area contributed by atoms with Gasteiger partial charge >= 0.3 is 0 Å². The normalized spacial score (nSPS) is 16.3. The van der Waals surface area contributed by atoms with E-state index in [1.807, 2.05) is 45.0 Å². The lowest BCUT2D eigenvalue weighted by molar-refractivity contribution is 0.0939. The summed E-state index contributed by atoms with van der Waals surface area (Å²) in [6.07, 6.45) is 1.76. The first-order valence-corrected chi connectivity index (χ1v) is 10.7. The molecule has 1 aliphatic heterocycles. The van der Waals surface area contributed by atoms with E-state index >= 15 is 0 Å². The molecule has 1 aliphatic rings. The monoisotopic (exact) mass is 386 g/mol. The van der Waals surface area contributed by atoms with Crippen molar-refractivity contribution < 1.29 is 13.2 Å². The third-order valence-electron chi connectivity index (χ3n) is 5.08. The first kappa shape index (κ1) is 19.6. The van der Waals surface area contributed by atoms with Crippen molar-refractivity contribution in [3.05, 3.63) is 64.7 Å². The first-order chi connectivity index (χ1) is 12.8. The molecule has 2 aromatic rings. The average Bonchev–Trinajstić information content (AvgIpc) is 3.18. The van der Waals surface area contributed by atoms with Gasteiger partial charge in [0.15, 0.2) is 0 Å². The second-order valence-corrected chi connectivity index (χ2v) is 9.13. The molecule has 27 heavy (non-hydrogen) atoms. The molecule has 6 heteroatoms. The number of amides is 1. The van der Waals surface area contributed by atoms with Crippen LogP contribution >= 0.6 is 0 Å². The summed E-state index contributed by atoms with van der Waals surface area (Å²) in [4.78, 5) is 13.0. The van der Waals surface area contributed by atoms with Crippen LogP contribution in [0.4, 0.5) is 0 Å². The molecule has 5 nitrogen and oxygen atoms in total. The van der Waals surface area contributed by atoms with Crippen molar-refractivity contribution in [2.24, 2.45) is 0 Å². The highest BCUT2D eigenvalue weighted by molar-refractivity contribution is 7.89. The zero-order valence-electron chi connectivity index (χ0n) is 16.0. The van der Waals surface area contributed by atoms with E-state index in [-0.39, 0.29) is 16.8 Å². The van der Waals surface area contributed by atoms with E-state index in [2.05, 4.69) is 5.32 Å². The van der Waals surface area contributed by atoms with Gasteiger partial charge < -0.3 is 5.32 Å². The van der Waals surface area contributed by atoms with Gasteiger partial charge in [-0.1, -0.05) is 35.9 Å².